The number of aliphatic hydroxyl groups excluding tert-OH is 1. The van der Waals surface area contributed by atoms with Gasteiger partial charge in [-0.2, -0.15) is 0 Å². The summed E-state index contributed by atoms with van der Waals surface area (Å²) in [7, 11) is 0. The molecule has 1 N–H and O–H groups in total. The van der Waals surface area contributed by atoms with Crippen molar-refractivity contribution >= 4 is 23.7 Å². The van der Waals surface area contributed by atoms with E-state index in [2.05, 4.69) is 0 Å². The molecule has 2 fully saturated rings. The van der Waals surface area contributed by atoms with E-state index in [9.17, 15) is 24.3 Å². The van der Waals surface area contributed by atoms with Crippen LogP contribution in [0.15, 0.2) is 23.8 Å². The van der Waals surface area contributed by atoms with E-state index >= 15 is 0 Å². The van der Waals surface area contributed by atoms with Crippen molar-refractivity contribution in [1.82, 2.24) is 0 Å². The zero-order chi connectivity index (χ0) is 24.5. The number of allylic oxidation sites excluding steroid dienone is 1. The van der Waals surface area contributed by atoms with E-state index in [0.717, 1.165) is 0 Å². The maximum atomic E-state index is 12.7. The summed E-state index contributed by atoms with van der Waals surface area (Å²) in [6.07, 6.45) is 0.757. The van der Waals surface area contributed by atoms with Crippen LogP contribution in [-0.4, -0.2) is 64.4 Å². The van der Waals surface area contributed by atoms with Crippen LogP contribution < -0.4 is 0 Å². The molecule has 2 saturated heterocycles. The average molecular weight is 462 g/mol. The smallest absolute Gasteiger partial charge is 0.342 e. The Balaban J connectivity index is 1.94. The molecule has 0 radical (unpaired) electrons. The van der Waals surface area contributed by atoms with Gasteiger partial charge in [-0.05, 0) is 26.0 Å². The molecule has 9 nitrogen and oxygen atoms in total. The van der Waals surface area contributed by atoms with E-state index in [4.69, 9.17) is 18.9 Å². The van der Waals surface area contributed by atoms with E-state index in [-0.39, 0.29) is 12.2 Å². The summed E-state index contributed by atoms with van der Waals surface area (Å²) < 4.78 is 22.9. The quantitative estimate of drug-likeness (QED) is 0.280. The van der Waals surface area contributed by atoms with Gasteiger partial charge < -0.3 is 24.1 Å². The molecule has 4 aliphatic rings. The monoisotopic (exact) mass is 462 g/mol. The number of ether oxygens (including phenoxy) is 4. The van der Waals surface area contributed by atoms with Crippen molar-refractivity contribution in [3.05, 3.63) is 23.8 Å². The standard InChI is InChI=1S/C24H30O9/c1-11-9-16(30-13(3)25)20(31-14(4)26)22(5)8-7-15(27)12(2)18(22)19(28)24-17(10-11)32-21(29)23(24,6)33-24/h7-8,10,12,16-20,28H,9H2,1-6H3/b11-10-/t12-,16+,17-,18+,19-,20-,22-,23-,24-/m0/s1. The largest absolute Gasteiger partial charge is 0.458 e. The molecule has 2 heterocycles. The van der Waals surface area contributed by atoms with Gasteiger partial charge in [0.25, 0.3) is 0 Å². The van der Waals surface area contributed by atoms with Crippen molar-refractivity contribution in [2.45, 2.75) is 83.6 Å². The second-order valence-electron chi connectivity index (χ2n) is 10.0. The van der Waals surface area contributed by atoms with Crippen molar-refractivity contribution < 1.29 is 43.2 Å². The van der Waals surface area contributed by atoms with Crippen molar-refractivity contribution in [2.75, 3.05) is 0 Å². The number of aliphatic hydroxyl groups is 1. The Morgan fingerprint density at radius 1 is 1.15 bits per heavy atom. The molecule has 0 bridgehead atoms. The number of rotatable bonds is 2. The zero-order valence-electron chi connectivity index (χ0n) is 19.6. The van der Waals surface area contributed by atoms with Crippen LogP contribution in [0.4, 0.5) is 0 Å². The molecule has 2 aliphatic carbocycles. The predicted molar refractivity (Wildman–Crippen MR) is 112 cm³/mol. The second-order valence-corrected chi connectivity index (χ2v) is 10.0. The minimum atomic E-state index is -1.38. The Morgan fingerprint density at radius 3 is 2.36 bits per heavy atom. The van der Waals surface area contributed by atoms with Crippen LogP contribution in [-0.2, 0) is 38.1 Å². The number of ketones is 1. The van der Waals surface area contributed by atoms with Gasteiger partial charge in [-0.25, -0.2) is 4.79 Å². The van der Waals surface area contributed by atoms with Crippen LogP contribution in [0.2, 0.25) is 0 Å². The van der Waals surface area contributed by atoms with Gasteiger partial charge in [-0.15, -0.1) is 0 Å². The minimum absolute atomic E-state index is 0.187. The first kappa shape index (κ1) is 23.6. The first-order chi connectivity index (χ1) is 15.3. The van der Waals surface area contributed by atoms with Crippen LogP contribution in [0.1, 0.15) is 48.0 Å². The average Bonchev–Trinajstić information content (AvgIpc) is 3.29. The van der Waals surface area contributed by atoms with E-state index in [0.29, 0.717) is 5.57 Å². The molecule has 180 valence electrons. The highest BCUT2D eigenvalue weighted by atomic mass is 16.7. The van der Waals surface area contributed by atoms with E-state index < -0.39 is 70.8 Å². The van der Waals surface area contributed by atoms with Crippen LogP contribution >= 0.6 is 0 Å². The van der Waals surface area contributed by atoms with Crippen molar-refractivity contribution in [1.29, 1.82) is 0 Å². The number of esters is 3. The SMILES string of the molecule is CC(=O)O[C@@H]1C/C(C)=C\[C@@H]2OC(=O)[C@]3(C)O[C@]23[C@@H](O)[C@H]2[C@@H](C)C(=O)C=C[C@]2(C)[C@H]1OC(C)=O. The maximum absolute atomic E-state index is 12.7. The molecule has 9 heteroatoms. The first-order valence-corrected chi connectivity index (χ1v) is 11.1. The molecule has 0 saturated carbocycles. The van der Waals surface area contributed by atoms with Crippen molar-refractivity contribution in [3.63, 3.8) is 0 Å². The molecule has 0 aromatic heterocycles. The molecule has 1 spiro atoms. The van der Waals surface area contributed by atoms with Crippen LogP contribution in [0.5, 0.6) is 0 Å². The number of hydrogen-bond acceptors (Lipinski definition) is 9. The lowest BCUT2D eigenvalue weighted by Gasteiger charge is -2.50. The molecule has 2 aliphatic heterocycles. The molecule has 0 amide bonds. The van der Waals surface area contributed by atoms with Crippen molar-refractivity contribution in [2.24, 2.45) is 17.3 Å². The predicted octanol–water partition coefficient (Wildman–Crippen LogP) is 1.41. The Labute approximate surface area is 192 Å². The number of hydrogen-bond donors (Lipinski definition) is 1. The highest BCUT2D eigenvalue weighted by molar-refractivity contribution is 5.93. The van der Waals surface area contributed by atoms with Gasteiger partial charge >= 0.3 is 17.9 Å². The molecule has 0 unspecified atom stereocenters. The molecule has 33 heavy (non-hydrogen) atoms. The summed E-state index contributed by atoms with van der Waals surface area (Å²) in [5.41, 5.74) is -3.17. The number of epoxide rings is 1. The molecule has 0 aromatic carbocycles. The maximum Gasteiger partial charge on any atom is 0.342 e. The molecule has 0 aromatic rings. The first-order valence-electron chi connectivity index (χ1n) is 11.1. The fraction of sp³-hybridized carbons (Fsp3) is 0.667. The van der Waals surface area contributed by atoms with Gasteiger partial charge in [0.05, 0.1) is 6.10 Å². The van der Waals surface area contributed by atoms with E-state index in [1.165, 1.54) is 19.9 Å². The van der Waals surface area contributed by atoms with Crippen molar-refractivity contribution in [3.8, 4) is 0 Å². The Morgan fingerprint density at radius 2 is 1.79 bits per heavy atom. The Kier molecular flexibility index (Phi) is 5.37. The van der Waals surface area contributed by atoms with Gasteiger partial charge in [0, 0.05) is 37.5 Å². The van der Waals surface area contributed by atoms with Crippen LogP contribution in [0, 0.1) is 17.3 Å². The molecule has 4 rings (SSSR count). The normalized spacial score (nSPS) is 47.8. The van der Waals surface area contributed by atoms with Crippen LogP contribution in [0.25, 0.3) is 0 Å². The number of carbonyl (C=O) groups excluding carboxylic acids is 4. The summed E-state index contributed by atoms with van der Waals surface area (Å²) >= 11 is 0. The molecular formula is C24H30O9. The fourth-order valence-electron chi connectivity index (χ4n) is 6.08. The summed E-state index contributed by atoms with van der Waals surface area (Å²) in [6, 6.07) is 0. The highest BCUT2D eigenvalue weighted by Gasteiger charge is 2.86. The van der Waals surface area contributed by atoms with E-state index in [1.54, 1.807) is 39.8 Å². The topological polar surface area (TPSA) is 129 Å². The highest BCUT2D eigenvalue weighted by Crippen LogP contribution is 2.63. The lowest BCUT2D eigenvalue weighted by Crippen LogP contribution is -2.60. The van der Waals surface area contributed by atoms with Gasteiger partial charge in [0.1, 0.15) is 12.2 Å². The lowest BCUT2D eigenvalue weighted by atomic mass is 9.57. The van der Waals surface area contributed by atoms with Gasteiger partial charge in [0.2, 0.25) is 0 Å². The van der Waals surface area contributed by atoms with Gasteiger partial charge in [0.15, 0.2) is 23.1 Å². The number of fused-ring (bicyclic) bond motifs is 1. The Hall–Kier alpha value is -2.52. The second kappa shape index (κ2) is 7.50. The fourth-order valence-corrected chi connectivity index (χ4v) is 6.08. The number of carbonyl (C=O) groups is 4. The molecular weight excluding hydrogens is 432 g/mol. The summed E-state index contributed by atoms with van der Waals surface area (Å²) in [6.45, 7) is 9.30. The van der Waals surface area contributed by atoms with Gasteiger partial charge in [-0.1, -0.05) is 25.5 Å². The third-order valence-corrected chi connectivity index (χ3v) is 7.74. The van der Waals surface area contributed by atoms with Crippen LogP contribution in [0.3, 0.4) is 0 Å². The lowest BCUT2D eigenvalue weighted by molar-refractivity contribution is -0.187. The summed E-state index contributed by atoms with van der Waals surface area (Å²) in [5.74, 6) is -3.49. The summed E-state index contributed by atoms with van der Waals surface area (Å²) in [4.78, 5) is 49.5. The third kappa shape index (κ3) is 3.27. The van der Waals surface area contributed by atoms with Gasteiger partial charge in [-0.3, -0.25) is 14.4 Å². The molecule has 9 atom stereocenters. The minimum Gasteiger partial charge on any atom is -0.458 e. The Bertz CT molecular complexity index is 982. The van der Waals surface area contributed by atoms with E-state index in [1.807, 2.05) is 0 Å². The summed E-state index contributed by atoms with van der Waals surface area (Å²) in [5, 5.41) is 11.8. The zero-order valence-corrected chi connectivity index (χ0v) is 19.6. The third-order valence-electron chi connectivity index (χ3n) is 7.74.